The van der Waals surface area contributed by atoms with Crippen LogP contribution in [-0.2, 0) is 0 Å². The minimum absolute atomic E-state index is 0.185. The molecule has 2 rings (SSSR count). The van der Waals surface area contributed by atoms with E-state index in [4.69, 9.17) is 11.6 Å². The highest BCUT2D eigenvalue weighted by Gasteiger charge is 2.26. The van der Waals surface area contributed by atoms with Crippen LogP contribution in [0.5, 0.6) is 0 Å². The predicted molar refractivity (Wildman–Crippen MR) is 59.7 cm³/mol. The first kappa shape index (κ1) is 12.9. The van der Waals surface area contributed by atoms with E-state index >= 15 is 0 Å². The van der Waals surface area contributed by atoms with Gasteiger partial charge in [-0.2, -0.15) is 32.8 Å². The summed E-state index contributed by atoms with van der Waals surface area (Å²) in [5.74, 6) is 0.604. The number of nitrogens with one attached hydrogen (secondary N) is 1. The van der Waals surface area contributed by atoms with Crippen LogP contribution in [0.15, 0.2) is 6.33 Å². The van der Waals surface area contributed by atoms with Gasteiger partial charge in [0.2, 0.25) is 0 Å². The van der Waals surface area contributed by atoms with E-state index in [-0.39, 0.29) is 17.5 Å². The van der Waals surface area contributed by atoms with Crippen LogP contribution < -0.4 is 5.32 Å². The molecule has 0 saturated carbocycles. The van der Waals surface area contributed by atoms with Gasteiger partial charge in [0, 0.05) is 12.1 Å². The molecule has 0 aromatic carbocycles. The molecular weight excluding hydrogens is 271 g/mol. The summed E-state index contributed by atoms with van der Waals surface area (Å²) in [6.07, 6.45) is -3.89. The number of anilines is 1. The van der Waals surface area contributed by atoms with Gasteiger partial charge < -0.3 is 5.32 Å². The summed E-state index contributed by atoms with van der Waals surface area (Å²) in [4.78, 5) is 7.78. The third-order valence-electron chi connectivity index (χ3n) is 2.31. The fourth-order valence-corrected chi connectivity index (χ4v) is 1.59. The summed E-state index contributed by atoms with van der Waals surface area (Å²) in [5.41, 5.74) is 0.525. The van der Waals surface area contributed by atoms with Crippen molar-refractivity contribution in [2.24, 2.45) is 0 Å². The molecule has 0 spiro atoms. The first-order valence-corrected chi connectivity index (χ1v) is 5.43. The molecule has 2 aromatic rings. The molecule has 1 N–H and O–H groups in total. The fourth-order valence-electron chi connectivity index (χ4n) is 1.43. The van der Waals surface area contributed by atoms with Gasteiger partial charge >= 0.3 is 6.18 Å². The quantitative estimate of drug-likeness (QED) is 0.877. The lowest BCUT2D eigenvalue weighted by atomic mass is 10.3. The van der Waals surface area contributed by atoms with E-state index in [1.54, 1.807) is 6.92 Å². The van der Waals surface area contributed by atoms with Gasteiger partial charge in [-0.05, 0) is 6.92 Å². The number of hydrogen-bond donors (Lipinski definition) is 1. The average Bonchev–Trinajstić information content (AvgIpc) is 2.69. The van der Waals surface area contributed by atoms with Crippen LogP contribution in [-0.4, -0.2) is 32.3 Å². The monoisotopic (exact) mass is 279 g/mol. The molecule has 0 aliphatic heterocycles. The average molecular weight is 280 g/mol. The van der Waals surface area contributed by atoms with E-state index in [1.165, 1.54) is 10.8 Å². The molecule has 2 aromatic heterocycles. The molecule has 18 heavy (non-hydrogen) atoms. The second-order valence-electron chi connectivity index (χ2n) is 3.64. The van der Waals surface area contributed by atoms with Crippen molar-refractivity contribution in [2.75, 3.05) is 11.9 Å². The number of rotatable bonds is 3. The third-order valence-corrected chi connectivity index (χ3v) is 2.67. The molecule has 0 radical (unpaired) electrons. The molecule has 0 bridgehead atoms. The van der Waals surface area contributed by atoms with Crippen molar-refractivity contribution in [3.63, 3.8) is 0 Å². The van der Waals surface area contributed by atoms with Gasteiger partial charge in [0.25, 0.3) is 5.78 Å². The van der Waals surface area contributed by atoms with E-state index < -0.39 is 12.6 Å². The van der Waals surface area contributed by atoms with E-state index in [0.717, 1.165) is 0 Å². The first-order chi connectivity index (χ1) is 8.38. The highest BCUT2D eigenvalue weighted by Crippen LogP contribution is 2.23. The van der Waals surface area contributed by atoms with E-state index in [2.05, 4.69) is 20.4 Å². The lowest BCUT2D eigenvalue weighted by Crippen LogP contribution is -2.17. The topological polar surface area (TPSA) is 55.1 Å². The summed E-state index contributed by atoms with van der Waals surface area (Å²) in [6.45, 7) is 1.38. The summed E-state index contributed by atoms with van der Waals surface area (Å²) < 4.78 is 37.6. The molecule has 5 nitrogen and oxygen atoms in total. The Hall–Kier alpha value is -1.57. The predicted octanol–water partition coefficient (Wildman–Crippen LogP) is 2.45. The van der Waals surface area contributed by atoms with Crippen LogP contribution in [0, 0.1) is 6.92 Å². The largest absolute Gasteiger partial charge is 0.390 e. The molecule has 0 saturated heterocycles. The van der Waals surface area contributed by atoms with Crippen LogP contribution in [0.25, 0.3) is 5.78 Å². The van der Waals surface area contributed by atoms with Crippen molar-refractivity contribution in [3.8, 4) is 0 Å². The van der Waals surface area contributed by atoms with Crippen LogP contribution in [0.4, 0.5) is 19.0 Å². The fraction of sp³-hybridized carbons (Fsp3) is 0.444. The van der Waals surface area contributed by atoms with Gasteiger partial charge in [-0.3, -0.25) is 0 Å². The standard InChI is InChI=1S/C9H9ClF3N5/c1-5-6(10)17-8-15-4-16-18(8)7(5)14-3-2-9(11,12)13/h4,14H,2-3H2,1H3. The molecule has 0 aliphatic carbocycles. The normalized spacial score (nSPS) is 12.1. The maximum absolute atomic E-state index is 12.1. The lowest BCUT2D eigenvalue weighted by Gasteiger charge is -2.12. The zero-order chi connectivity index (χ0) is 13.3. The number of aromatic nitrogens is 4. The zero-order valence-corrected chi connectivity index (χ0v) is 10.0. The molecule has 98 valence electrons. The summed E-state index contributed by atoms with van der Waals surface area (Å²) >= 11 is 5.86. The van der Waals surface area contributed by atoms with Crippen LogP contribution in [0.2, 0.25) is 5.15 Å². The highest BCUT2D eigenvalue weighted by atomic mass is 35.5. The lowest BCUT2D eigenvalue weighted by molar-refractivity contribution is -0.131. The van der Waals surface area contributed by atoms with Crippen molar-refractivity contribution in [2.45, 2.75) is 19.5 Å². The van der Waals surface area contributed by atoms with Crippen LogP contribution >= 0.6 is 11.6 Å². The van der Waals surface area contributed by atoms with Crippen molar-refractivity contribution < 1.29 is 13.2 Å². The highest BCUT2D eigenvalue weighted by molar-refractivity contribution is 6.30. The van der Waals surface area contributed by atoms with E-state index in [1.807, 2.05) is 0 Å². The molecular formula is C9H9ClF3N5. The van der Waals surface area contributed by atoms with Gasteiger partial charge in [0.1, 0.15) is 17.3 Å². The second kappa shape index (κ2) is 4.60. The maximum atomic E-state index is 12.1. The Balaban J connectivity index is 2.26. The Morgan fingerprint density at radius 1 is 1.44 bits per heavy atom. The van der Waals surface area contributed by atoms with Gasteiger partial charge in [-0.25, -0.2) is 0 Å². The summed E-state index contributed by atoms with van der Waals surface area (Å²) in [6, 6.07) is 0. The summed E-state index contributed by atoms with van der Waals surface area (Å²) in [7, 11) is 0. The van der Waals surface area contributed by atoms with Crippen molar-refractivity contribution in [1.82, 2.24) is 19.6 Å². The molecule has 0 aliphatic rings. The SMILES string of the molecule is Cc1c(Cl)nc2ncnn2c1NCCC(F)(F)F. The molecule has 0 atom stereocenters. The Morgan fingerprint density at radius 3 is 2.83 bits per heavy atom. The Morgan fingerprint density at radius 2 is 2.17 bits per heavy atom. The molecule has 0 fully saturated rings. The van der Waals surface area contributed by atoms with Gasteiger partial charge in [-0.15, -0.1) is 0 Å². The van der Waals surface area contributed by atoms with E-state index in [0.29, 0.717) is 11.4 Å². The molecule has 9 heteroatoms. The minimum atomic E-state index is -4.21. The van der Waals surface area contributed by atoms with Crippen molar-refractivity contribution in [3.05, 3.63) is 17.0 Å². The van der Waals surface area contributed by atoms with Gasteiger partial charge in [0.15, 0.2) is 0 Å². The minimum Gasteiger partial charge on any atom is -0.369 e. The number of nitrogens with zero attached hydrogens (tertiary/aromatic N) is 4. The Bertz CT molecular complexity index is 565. The van der Waals surface area contributed by atoms with Gasteiger partial charge in [0.05, 0.1) is 6.42 Å². The number of fused-ring (bicyclic) bond motifs is 1. The zero-order valence-electron chi connectivity index (χ0n) is 9.29. The van der Waals surface area contributed by atoms with Gasteiger partial charge in [-0.1, -0.05) is 11.6 Å². The first-order valence-electron chi connectivity index (χ1n) is 5.05. The third kappa shape index (κ3) is 2.63. The molecule has 2 heterocycles. The number of halogens is 4. The second-order valence-corrected chi connectivity index (χ2v) is 4.00. The van der Waals surface area contributed by atoms with Crippen LogP contribution in [0.1, 0.15) is 12.0 Å². The van der Waals surface area contributed by atoms with Crippen molar-refractivity contribution in [1.29, 1.82) is 0 Å². The Labute approximate surface area is 105 Å². The Kier molecular flexibility index (Phi) is 3.29. The number of hydrogen-bond acceptors (Lipinski definition) is 4. The number of alkyl halides is 3. The van der Waals surface area contributed by atoms with E-state index in [9.17, 15) is 13.2 Å². The summed E-state index contributed by atoms with van der Waals surface area (Å²) in [5, 5.41) is 6.72. The van der Waals surface area contributed by atoms with Crippen molar-refractivity contribution >= 4 is 23.2 Å². The smallest absolute Gasteiger partial charge is 0.369 e. The molecule has 0 unspecified atom stereocenters. The van der Waals surface area contributed by atoms with Crippen LogP contribution in [0.3, 0.4) is 0 Å². The maximum Gasteiger partial charge on any atom is 0.390 e. The molecule has 0 amide bonds.